The fourth-order valence-electron chi connectivity index (χ4n) is 1.98. The summed E-state index contributed by atoms with van der Waals surface area (Å²) in [6.45, 7) is 3.78. The minimum Gasteiger partial charge on any atom is -0.258 e. The quantitative estimate of drug-likeness (QED) is 0.406. The van der Waals surface area contributed by atoms with E-state index < -0.39 is 4.92 Å². The molecule has 0 amide bonds. The number of benzene rings is 1. The second-order valence-electron chi connectivity index (χ2n) is 4.85. The number of non-ortho nitro benzene ring substituents is 1. The van der Waals surface area contributed by atoms with Crippen LogP contribution in [0.5, 0.6) is 0 Å². The maximum atomic E-state index is 10.8. The van der Waals surface area contributed by atoms with Crippen molar-refractivity contribution in [3.8, 4) is 5.69 Å². The van der Waals surface area contributed by atoms with Crippen LogP contribution in [0.2, 0.25) is 0 Å². The first-order valence-corrected chi connectivity index (χ1v) is 8.68. The Morgan fingerprint density at radius 2 is 2.04 bits per heavy atom. The van der Waals surface area contributed by atoms with Crippen LogP contribution in [0.25, 0.3) is 5.69 Å². The third-order valence-corrected chi connectivity index (χ3v) is 4.92. The first-order chi connectivity index (χ1) is 11.5. The van der Waals surface area contributed by atoms with Gasteiger partial charge in [0.2, 0.25) is 4.80 Å². The summed E-state index contributed by atoms with van der Waals surface area (Å²) in [4.78, 5) is 12.0. The molecule has 122 valence electrons. The Bertz CT molecular complexity index is 953. The van der Waals surface area contributed by atoms with Gasteiger partial charge in [-0.05, 0) is 37.4 Å². The van der Waals surface area contributed by atoms with Crippen molar-refractivity contribution in [1.82, 2.24) is 9.78 Å². The third kappa shape index (κ3) is 3.47. The van der Waals surface area contributed by atoms with Gasteiger partial charge in [0, 0.05) is 12.1 Å². The molecule has 0 radical (unpaired) electrons. The van der Waals surface area contributed by atoms with Gasteiger partial charge in [-0.1, -0.05) is 17.4 Å². The minimum atomic E-state index is -0.430. The second kappa shape index (κ2) is 6.85. The second-order valence-corrected chi connectivity index (χ2v) is 6.96. The smallest absolute Gasteiger partial charge is 0.258 e. The molecule has 0 bridgehead atoms. The van der Waals surface area contributed by atoms with Gasteiger partial charge >= 0.3 is 0 Å². The van der Waals surface area contributed by atoms with Crippen LogP contribution in [-0.4, -0.2) is 20.4 Å². The molecule has 1 aromatic carbocycles. The van der Waals surface area contributed by atoms with Crippen molar-refractivity contribution in [3.63, 3.8) is 0 Å². The Hall–Kier alpha value is -2.65. The highest BCUT2D eigenvalue weighted by atomic mass is 32.1. The van der Waals surface area contributed by atoms with E-state index in [-0.39, 0.29) is 5.69 Å². The van der Waals surface area contributed by atoms with Crippen molar-refractivity contribution in [2.45, 2.75) is 13.8 Å². The Kier molecular flexibility index (Phi) is 4.63. The van der Waals surface area contributed by atoms with Crippen LogP contribution in [-0.2, 0) is 0 Å². The number of rotatable bonds is 4. The monoisotopic (exact) mass is 359 g/mol. The number of hydrogen-bond donors (Lipinski definition) is 0. The molecule has 0 aliphatic heterocycles. The summed E-state index contributed by atoms with van der Waals surface area (Å²) in [7, 11) is 0. The zero-order valence-corrected chi connectivity index (χ0v) is 14.5. The van der Waals surface area contributed by atoms with Crippen LogP contribution in [0.4, 0.5) is 5.69 Å². The van der Waals surface area contributed by atoms with E-state index in [9.17, 15) is 10.1 Å². The van der Waals surface area contributed by atoms with Crippen LogP contribution >= 0.6 is 22.7 Å². The highest BCUT2D eigenvalue weighted by molar-refractivity contribution is 7.12. The Labute approximate surface area is 145 Å². The molecule has 7 nitrogen and oxygen atoms in total. The lowest BCUT2D eigenvalue weighted by Gasteiger charge is -2.00. The van der Waals surface area contributed by atoms with Crippen LogP contribution in [0, 0.1) is 17.0 Å². The van der Waals surface area contributed by atoms with Crippen molar-refractivity contribution in [2.24, 2.45) is 10.2 Å². The van der Waals surface area contributed by atoms with Crippen LogP contribution in [0.1, 0.15) is 16.8 Å². The molecule has 0 N–H and O–H groups in total. The van der Waals surface area contributed by atoms with E-state index in [1.165, 1.54) is 23.5 Å². The third-order valence-electron chi connectivity index (χ3n) is 3.13. The molecule has 0 atom stereocenters. The first kappa shape index (κ1) is 16.2. The van der Waals surface area contributed by atoms with Gasteiger partial charge < -0.3 is 0 Å². The van der Waals surface area contributed by atoms with Crippen molar-refractivity contribution >= 4 is 34.1 Å². The van der Waals surface area contributed by atoms with Crippen molar-refractivity contribution in [2.75, 3.05) is 0 Å². The highest BCUT2D eigenvalue weighted by Crippen LogP contribution is 2.14. The Balaban J connectivity index is 2.00. The lowest BCUT2D eigenvalue weighted by molar-refractivity contribution is -0.384. The molecular weight excluding hydrogens is 346 g/mol. The summed E-state index contributed by atoms with van der Waals surface area (Å²) in [6, 6.07) is 10.1. The molecular formula is C15H13N5O2S2. The van der Waals surface area contributed by atoms with Gasteiger partial charge in [-0.25, -0.2) is 4.68 Å². The summed E-state index contributed by atoms with van der Waals surface area (Å²) >= 11 is 3.01. The Morgan fingerprint density at radius 1 is 1.29 bits per heavy atom. The average Bonchev–Trinajstić information content (AvgIpc) is 3.22. The Morgan fingerprint density at radius 3 is 2.67 bits per heavy atom. The summed E-state index contributed by atoms with van der Waals surface area (Å²) in [5.41, 5.74) is 1.57. The van der Waals surface area contributed by atoms with E-state index >= 15 is 0 Å². The minimum absolute atomic E-state index is 0.0383. The van der Waals surface area contributed by atoms with Gasteiger partial charge in [0.05, 0.1) is 21.2 Å². The average molecular weight is 359 g/mol. The number of thiophene rings is 1. The molecule has 0 aliphatic carbocycles. The standard InChI is InChI=1S/C15H13N5O2S2/c1-10(14-4-3-9-23-14)16-17-15-19(18-11(2)24-15)12-5-7-13(8-6-12)20(21)22/h3-9H,1-2H3. The summed E-state index contributed by atoms with van der Waals surface area (Å²) < 4.78 is 1.63. The van der Waals surface area contributed by atoms with Crippen LogP contribution in [0.3, 0.4) is 0 Å². The van der Waals surface area contributed by atoms with E-state index in [1.54, 1.807) is 28.2 Å². The predicted molar refractivity (Wildman–Crippen MR) is 94.9 cm³/mol. The number of nitro benzene ring substituents is 1. The SMILES string of the molecule is CC(=NN=c1sc(C)nn1-c1ccc([N+](=O)[O-])cc1)c1cccs1. The predicted octanol–water partition coefficient (Wildman–Crippen LogP) is 3.54. The lowest BCUT2D eigenvalue weighted by Crippen LogP contribution is -2.14. The van der Waals surface area contributed by atoms with Crippen LogP contribution in [0.15, 0.2) is 52.0 Å². The molecule has 0 aliphatic rings. The molecule has 0 spiro atoms. The molecule has 0 fully saturated rings. The molecule has 3 rings (SSSR count). The maximum absolute atomic E-state index is 10.8. The summed E-state index contributed by atoms with van der Waals surface area (Å²) in [6.07, 6.45) is 0. The normalized spacial score (nSPS) is 12.6. The number of aromatic nitrogens is 2. The zero-order chi connectivity index (χ0) is 17.1. The van der Waals surface area contributed by atoms with E-state index in [1.807, 2.05) is 31.4 Å². The van der Waals surface area contributed by atoms with Gasteiger partial charge in [0.15, 0.2) is 0 Å². The molecule has 2 heterocycles. The van der Waals surface area contributed by atoms with E-state index in [4.69, 9.17) is 0 Å². The number of aryl methyl sites for hydroxylation is 1. The maximum Gasteiger partial charge on any atom is 0.269 e. The molecule has 0 saturated carbocycles. The molecule has 9 heteroatoms. The molecule has 2 aromatic heterocycles. The fourth-order valence-corrected chi connectivity index (χ4v) is 3.35. The van der Waals surface area contributed by atoms with Gasteiger partial charge in [-0.3, -0.25) is 10.1 Å². The van der Waals surface area contributed by atoms with E-state index in [0.717, 1.165) is 15.6 Å². The molecule has 3 aromatic rings. The van der Waals surface area contributed by atoms with E-state index in [0.29, 0.717) is 10.5 Å². The largest absolute Gasteiger partial charge is 0.269 e. The van der Waals surface area contributed by atoms with Crippen molar-refractivity contribution in [1.29, 1.82) is 0 Å². The van der Waals surface area contributed by atoms with Gasteiger partial charge in [-0.15, -0.1) is 16.4 Å². The summed E-state index contributed by atoms with van der Waals surface area (Å²) in [5.74, 6) is 0. The number of hydrogen-bond acceptors (Lipinski definition) is 7. The number of nitro groups is 1. The van der Waals surface area contributed by atoms with Gasteiger partial charge in [0.25, 0.3) is 5.69 Å². The molecule has 0 saturated heterocycles. The van der Waals surface area contributed by atoms with Crippen molar-refractivity contribution < 1.29 is 4.92 Å². The van der Waals surface area contributed by atoms with Gasteiger partial charge in [0.1, 0.15) is 5.01 Å². The van der Waals surface area contributed by atoms with E-state index in [2.05, 4.69) is 15.3 Å². The molecule has 24 heavy (non-hydrogen) atoms. The highest BCUT2D eigenvalue weighted by Gasteiger charge is 2.08. The van der Waals surface area contributed by atoms with Crippen LogP contribution < -0.4 is 4.80 Å². The van der Waals surface area contributed by atoms with Gasteiger partial charge in [-0.2, -0.15) is 10.2 Å². The number of nitrogens with zero attached hydrogens (tertiary/aromatic N) is 5. The first-order valence-electron chi connectivity index (χ1n) is 6.98. The topological polar surface area (TPSA) is 85.7 Å². The zero-order valence-electron chi connectivity index (χ0n) is 12.9. The lowest BCUT2D eigenvalue weighted by atomic mass is 10.3. The van der Waals surface area contributed by atoms with Crippen molar-refractivity contribution in [3.05, 3.63) is 66.6 Å². The fraction of sp³-hybridized carbons (Fsp3) is 0.133. The summed E-state index contributed by atoms with van der Waals surface area (Å²) in [5, 5.41) is 26.6. The molecule has 0 unspecified atom stereocenters.